The normalized spacial score (nSPS) is 28.7. The molecule has 126 valence electrons. The van der Waals surface area contributed by atoms with E-state index in [-0.39, 0.29) is 5.91 Å². The molecule has 0 saturated carbocycles. The molecule has 2 heterocycles. The van der Waals surface area contributed by atoms with E-state index in [2.05, 4.69) is 16.8 Å². The van der Waals surface area contributed by atoms with E-state index in [1.54, 1.807) is 12.2 Å². The summed E-state index contributed by atoms with van der Waals surface area (Å²) in [5.41, 5.74) is 0.811. The lowest BCUT2D eigenvalue weighted by atomic mass is 9.83. The molecule has 3 rings (SSSR count). The lowest BCUT2D eigenvalue weighted by molar-refractivity contribution is -0.121. The zero-order chi connectivity index (χ0) is 16.3. The Labute approximate surface area is 136 Å². The number of hydrogen-bond donors (Lipinski definition) is 2. The Balaban J connectivity index is 1.80. The standard InChI is InChI=1S/C17H24N2O4/c1-2-7-23-14-11-17(21,12-19-5-8-22-9-6-19)10-13-3-4-15(20)18-16(13)14/h2,11,21H,1,3-10,12H2,(H,18,20). The number of ether oxygens (including phenoxy) is 2. The van der Waals surface area contributed by atoms with Crippen LogP contribution in [0.3, 0.4) is 0 Å². The third kappa shape index (κ3) is 3.83. The van der Waals surface area contributed by atoms with E-state index in [0.29, 0.717) is 51.4 Å². The lowest BCUT2D eigenvalue weighted by Crippen LogP contribution is -2.49. The summed E-state index contributed by atoms with van der Waals surface area (Å²) < 4.78 is 11.1. The number of nitrogens with zero attached hydrogens (tertiary/aromatic N) is 1. The molecule has 0 aromatic heterocycles. The average Bonchev–Trinajstić information content (AvgIpc) is 2.54. The molecule has 3 aliphatic rings. The largest absolute Gasteiger partial charge is 0.488 e. The number of amides is 1. The van der Waals surface area contributed by atoms with Gasteiger partial charge in [0.2, 0.25) is 5.91 Å². The van der Waals surface area contributed by atoms with Gasteiger partial charge in [-0.15, -0.1) is 0 Å². The van der Waals surface area contributed by atoms with Crippen LogP contribution in [-0.2, 0) is 14.3 Å². The average molecular weight is 320 g/mol. The summed E-state index contributed by atoms with van der Waals surface area (Å²) in [7, 11) is 0. The third-order valence-electron chi connectivity index (χ3n) is 4.40. The maximum atomic E-state index is 11.7. The Hall–Kier alpha value is -1.63. The summed E-state index contributed by atoms with van der Waals surface area (Å²) in [6.45, 7) is 7.58. The Morgan fingerprint density at radius 2 is 2.22 bits per heavy atom. The van der Waals surface area contributed by atoms with Gasteiger partial charge < -0.3 is 19.9 Å². The van der Waals surface area contributed by atoms with Gasteiger partial charge in [0.15, 0.2) is 0 Å². The van der Waals surface area contributed by atoms with Crippen molar-refractivity contribution in [1.82, 2.24) is 10.2 Å². The number of carbonyl (C=O) groups excluding carboxylic acids is 1. The van der Waals surface area contributed by atoms with Gasteiger partial charge in [-0.2, -0.15) is 0 Å². The van der Waals surface area contributed by atoms with Gasteiger partial charge in [-0.05, 0) is 18.1 Å². The van der Waals surface area contributed by atoms with Crippen LogP contribution in [0.25, 0.3) is 0 Å². The number of carbonyl (C=O) groups is 1. The van der Waals surface area contributed by atoms with Gasteiger partial charge >= 0.3 is 0 Å². The highest BCUT2D eigenvalue weighted by Gasteiger charge is 2.37. The summed E-state index contributed by atoms with van der Waals surface area (Å²) in [5.74, 6) is 0.547. The van der Waals surface area contributed by atoms with Crippen molar-refractivity contribution >= 4 is 5.91 Å². The van der Waals surface area contributed by atoms with Crippen LogP contribution < -0.4 is 5.32 Å². The minimum Gasteiger partial charge on any atom is -0.488 e. The quantitative estimate of drug-likeness (QED) is 0.730. The van der Waals surface area contributed by atoms with Crippen LogP contribution in [0.5, 0.6) is 0 Å². The van der Waals surface area contributed by atoms with E-state index < -0.39 is 5.60 Å². The summed E-state index contributed by atoms with van der Waals surface area (Å²) in [5, 5.41) is 14.0. The lowest BCUT2D eigenvalue weighted by Gasteiger charge is -2.39. The zero-order valence-corrected chi connectivity index (χ0v) is 13.3. The highest BCUT2D eigenvalue weighted by molar-refractivity contribution is 5.81. The second kappa shape index (κ2) is 6.86. The van der Waals surface area contributed by atoms with Gasteiger partial charge in [-0.3, -0.25) is 9.69 Å². The first-order valence-electron chi connectivity index (χ1n) is 8.11. The molecule has 1 atom stereocenters. The Kier molecular flexibility index (Phi) is 4.84. The van der Waals surface area contributed by atoms with Crippen molar-refractivity contribution in [3.63, 3.8) is 0 Å². The number of hydrogen-bond acceptors (Lipinski definition) is 5. The topological polar surface area (TPSA) is 71.0 Å². The smallest absolute Gasteiger partial charge is 0.224 e. The molecule has 1 unspecified atom stereocenters. The van der Waals surface area contributed by atoms with Crippen molar-refractivity contribution in [2.45, 2.75) is 24.9 Å². The SMILES string of the molecule is C=CCOC1=CC(O)(CN2CCOCC2)CC2=C1NC(=O)CC2. The number of rotatable bonds is 5. The van der Waals surface area contributed by atoms with E-state index in [1.807, 2.05) is 0 Å². The predicted octanol–water partition coefficient (Wildman–Crippen LogP) is 0.704. The predicted molar refractivity (Wildman–Crippen MR) is 85.5 cm³/mol. The van der Waals surface area contributed by atoms with Crippen LogP contribution in [0, 0.1) is 0 Å². The molecule has 1 saturated heterocycles. The summed E-state index contributed by atoms with van der Waals surface area (Å²) in [6, 6.07) is 0. The van der Waals surface area contributed by atoms with Gasteiger partial charge in [-0.1, -0.05) is 12.7 Å². The first-order chi connectivity index (χ1) is 11.1. The highest BCUT2D eigenvalue weighted by atomic mass is 16.5. The van der Waals surface area contributed by atoms with Gasteiger partial charge in [0.1, 0.15) is 18.0 Å². The molecule has 1 amide bonds. The Morgan fingerprint density at radius 1 is 1.43 bits per heavy atom. The number of morpholine rings is 1. The molecule has 23 heavy (non-hydrogen) atoms. The molecular weight excluding hydrogens is 296 g/mol. The van der Waals surface area contributed by atoms with Crippen LogP contribution in [-0.4, -0.2) is 61.0 Å². The number of nitrogens with one attached hydrogen (secondary N) is 1. The second-order valence-electron chi connectivity index (χ2n) is 6.30. The number of aliphatic hydroxyl groups is 1. The molecular formula is C17H24N2O4. The molecule has 2 N–H and O–H groups in total. The first-order valence-corrected chi connectivity index (χ1v) is 8.11. The van der Waals surface area contributed by atoms with Crippen LogP contribution in [0.4, 0.5) is 0 Å². The van der Waals surface area contributed by atoms with E-state index >= 15 is 0 Å². The van der Waals surface area contributed by atoms with Crippen molar-refractivity contribution in [2.75, 3.05) is 39.5 Å². The van der Waals surface area contributed by atoms with Gasteiger partial charge in [0.05, 0.1) is 18.9 Å². The van der Waals surface area contributed by atoms with Crippen molar-refractivity contribution in [3.8, 4) is 0 Å². The fraction of sp³-hybridized carbons (Fsp3) is 0.588. The van der Waals surface area contributed by atoms with E-state index in [4.69, 9.17) is 9.47 Å². The minimum atomic E-state index is -0.977. The second-order valence-corrected chi connectivity index (χ2v) is 6.30. The van der Waals surface area contributed by atoms with Crippen LogP contribution >= 0.6 is 0 Å². The number of β-amino-alcohol motifs (C(OH)–C–C–N with tert-alkyl or cyclic N) is 1. The van der Waals surface area contributed by atoms with Crippen LogP contribution in [0.1, 0.15) is 19.3 Å². The first kappa shape index (κ1) is 16.2. The van der Waals surface area contributed by atoms with Crippen molar-refractivity contribution in [2.24, 2.45) is 0 Å². The van der Waals surface area contributed by atoms with E-state index in [9.17, 15) is 9.90 Å². The molecule has 6 nitrogen and oxygen atoms in total. The zero-order valence-electron chi connectivity index (χ0n) is 13.3. The van der Waals surface area contributed by atoms with E-state index in [0.717, 1.165) is 24.4 Å². The maximum absolute atomic E-state index is 11.7. The summed E-state index contributed by atoms with van der Waals surface area (Å²) in [4.78, 5) is 13.9. The molecule has 0 aromatic rings. The maximum Gasteiger partial charge on any atom is 0.224 e. The molecule has 6 heteroatoms. The fourth-order valence-corrected chi connectivity index (χ4v) is 3.34. The monoisotopic (exact) mass is 320 g/mol. The van der Waals surface area contributed by atoms with Crippen molar-refractivity contribution in [1.29, 1.82) is 0 Å². The Bertz CT molecular complexity index is 549. The molecule has 0 spiro atoms. The Morgan fingerprint density at radius 3 is 2.96 bits per heavy atom. The highest BCUT2D eigenvalue weighted by Crippen LogP contribution is 2.36. The molecule has 1 fully saturated rings. The van der Waals surface area contributed by atoms with Gasteiger partial charge in [-0.25, -0.2) is 0 Å². The molecule has 2 aliphatic heterocycles. The van der Waals surface area contributed by atoms with Crippen LogP contribution in [0.2, 0.25) is 0 Å². The molecule has 0 aromatic carbocycles. The van der Waals surface area contributed by atoms with Crippen molar-refractivity contribution < 1.29 is 19.4 Å². The van der Waals surface area contributed by atoms with Gasteiger partial charge in [0.25, 0.3) is 0 Å². The van der Waals surface area contributed by atoms with Crippen LogP contribution in [0.15, 0.2) is 35.8 Å². The van der Waals surface area contributed by atoms with E-state index in [1.165, 1.54) is 0 Å². The fourth-order valence-electron chi connectivity index (χ4n) is 3.34. The molecule has 1 aliphatic carbocycles. The molecule has 0 radical (unpaired) electrons. The summed E-state index contributed by atoms with van der Waals surface area (Å²) >= 11 is 0. The van der Waals surface area contributed by atoms with Gasteiger partial charge in [0, 0.05) is 32.5 Å². The molecule has 0 bridgehead atoms. The third-order valence-corrected chi connectivity index (χ3v) is 4.40. The minimum absolute atomic E-state index is 0.00419. The summed E-state index contributed by atoms with van der Waals surface area (Å²) in [6.07, 6.45) is 5.06. The van der Waals surface area contributed by atoms with Crippen molar-refractivity contribution in [3.05, 3.63) is 35.8 Å².